The van der Waals surface area contributed by atoms with Crippen molar-refractivity contribution < 1.29 is 13.9 Å². The van der Waals surface area contributed by atoms with Gasteiger partial charge in [-0.3, -0.25) is 4.90 Å². The van der Waals surface area contributed by atoms with Crippen molar-refractivity contribution in [1.29, 1.82) is 0 Å². The summed E-state index contributed by atoms with van der Waals surface area (Å²) in [5.74, 6) is 0.981. The Kier molecular flexibility index (Phi) is 5.56. The molecule has 1 aromatic heterocycles. The molecule has 0 aliphatic carbocycles. The normalized spacial score (nSPS) is 18.7. The molecule has 2 fully saturated rings. The summed E-state index contributed by atoms with van der Waals surface area (Å²) < 4.78 is 11.1. The fourth-order valence-electron chi connectivity index (χ4n) is 3.30. The maximum absolute atomic E-state index is 12.5. The van der Waals surface area contributed by atoms with Crippen molar-refractivity contribution in [2.45, 2.75) is 6.54 Å². The number of aromatic nitrogens is 2. The van der Waals surface area contributed by atoms with Crippen LogP contribution in [0.1, 0.15) is 5.89 Å². The van der Waals surface area contributed by atoms with E-state index in [1.807, 2.05) is 28.0 Å². The van der Waals surface area contributed by atoms with E-state index in [0.29, 0.717) is 62.7 Å². The van der Waals surface area contributed by atoms with Crippen LogP contribution in [0.15, 0.2) is 28.7 Å². The largest absolute Gasteiger partial charge is 0.419 e. The van der Waals surface area contributed by atoms with Gasteiger partial charge in [0.1, 0.15) is 0 Å². The summed E-state index contributed by atoms with van der Waals surface area (Å²) in [6, 6.07) is 7.51. The van der Waals surface area contributed by atoms with Crippen LogP contribution >= 0.6 is 11.6 Å². The Hall–Kier alpha value is -2.16. The van der Waals surface area contributed by atoms with Crippen molar-refractivity contribution in [1.82, 2.24) is 24.9 Å². The van der Waals surface area contributed by atoms with Gasteiger partial charge in [0.15, 0.2) is 0 Å². The molecule has 144 valence electrons. The number of morpholine rings is 1. The first-order valence-electron chi connectivity index (χ1n) is 9.12. The average molecular weight is 392 g/mol. The van der Waals surface area contributed by atoms with Crippen LogP contribution in [0.25, 0.3) is 11.5 Å². The first-order chi connectivity index (χ1) is 13.2. The number of nitrogens with zero attached hydrogens (tertiary/aromatic N) is 5. The molecule has 0 bridgehead atoms. The molecule has 0 radical (unpaired) electrons. The van der Waals surface area contributed by atoms with Gasteiger partial charge in [-0.25, -0.2) is 4.79 Å². The summed E-state index contributed by atoms with van der Waals surface area (Å²) in [7, 11) is 0. The SMILES string of the molecule is O=C(N1CCOCC1)N1CCN(Cc2nnc(-c3ccccc3Cl)o2)CC1. The van der Waals surface area contributed by atoms with Crippen LogP contribution in [0.2, 0.25) is 5.02 Å². The minimum Gasteiger partial charge on any atom is -0.419 e. The number of halogens is 1. The van der Waals surface area contributed by atoms with Crippen LogP contribution in [0.3, 0.4) is 0 Å². The van der Waals surface area contributed by atoms with E-state index in [-0.39, 0.29) is 6.03 Å². The van der Waals surface area contributed by atoms with Crippen LogP contribution < -0.4 is 0 Å². The zero-order chi connectivity index (χ0) is 18.6. The summed E-state index contributed by atoms with van der Waals surface area (Å²) in [6.07, 6.45) is 0. The van der Waals surface area contributed by atoms with Gasteiger partial charge >= 0.3 is 6.03 Å². The summed E-state index contributed by atoms with van der Waals surface area (Å²) in [5, 5.41) is 8.83. The second kappa shape index (κ2) is 8.24. The Morgan fingerprint density at radius 1 is 1.00 bits per heavy atom. The highest BCUT2D eigenvalue weighted by atomic mass is 35.5. The topological polar surface area (TPSA) is 74.9 Å². The quantitative estimate of drug-likeness (QED) is 0.796. The van der Waals surface area contributed by atoms with Crippen molar-refractivity contribution >= 4 is 17.6 Å². The number of benzene rings is 1. The van der Waals surface area contributed by atoms with Crippen LogP contribution in [0.4, 0.5) is 4.79 Å². The number of carbonyl (C=O) groups excluding carboxylic acids is 1. The summed E-state index contributed by atoms with van der Waals surface area (Å²) in [5.41, 5.74) is 0.735. The molecule has 0 saturated carbocycles. The minimum atomic E-state index is 0.108. The first kappa shape index (κ1) is 18.2. The predicted molar refractivity (Wildman–Crippen MR) is 99.4 cm³/mol. The molecular weight excluding hydrogens is 370 g/mol. The van der Waals surface area contributed by atoms with Gasteiger partial charge in [-0.1, -0.05) is 23.7 Å². The Morgan fingerprint density at radius 2 is 1.70 bits per heavy atom. The van der Waals surface area contributed by atoms with Crippen molar-refractivity contribution in [3.8, 4) is 11.5 Å². The molecule has 0 N–H and O–H groups in total. The Balaban J connectivity index is 1.31. The monoisotopic (exact) mass is 391 g/mol. The predicted octanol–water partition coefficient (Wildman–Crippen LogP) is 1.96. The Labute approximate surface area is 162 Å². The molecule has 2 amide bonds. The van der Waals surface area contributed by atoms with E-state index in [2.05, 4.69) is 15.1 Å². The van der Waals surface area contributed by atoms with Crippen LogP contribution in [-0.2, 0) is 11.3 Å². The van der Waals surface area contributed by atoms with E-state index >= 15 is 0 Å². The van der Waals surface area contributed by atoms with Crippen LogP contribution in [-0.4, -0.2) is 83.4 Å². The molecule has 3 heterocycles. The van der Waals surface area contributed by atoms with Gasteiger partial charge < -0.3 is 19.0 Å². The Morgan fingerprint density at radius 3 is 2.44 bits per heavy atom. The maximum atomic E-state index is 12.5. The molecule has 2 saturated heterocycles. The van der Waals surface area contributed by atoms with E-state index in [4.69, 9.17) is 20.8 Å². The lowest BCUT2D eigenvalue weighted by Gasteiger charge is -2.38. The van der Waals surface area contributed by atoms with Gasteiger partial charge in [0, 0.05) is 39.3 Å². The second-order valence-corrected chi connectivity index (χ2v) is 7.03. The van der Waals surface area contributed by atoms with Gasteiger partial charge in [0.25, 0.3) is 0 Å². The van der Waals surface area contributed by atoms with E-state index < -0.39 is 0 Å². The highest BCUT2D eigenvalue weighted by Gasteiger charge is 2.27. The number of hydrogen-bond donors (Lipinski definition) is 0. The number of carbonyl (C=O) groups is 1. The third kappa shape index (κ3) is 4.23. The lowest BCUT2D eigenvalue weighted by Crippen LogP contribution is -2.54. The molecule has 2 aromatic rings. The molecule has 4 rings (SSSR count). The smallest absolute Gasteiger partial charge is 0.320 e. The minimum absolute atomic E-state index is 0.108. The van der Waals surface area contributed by atoms with Crippen molar-refractivity contribution in [3.63, 3.8) is 0 Å². The molecule has 9 heteroatoms. The van der Waals surface area contributed by atoms with Gasteiger partial charge in [-0.05, 0) is 12.1 Å². The molecule has 2 aliphatic rings. The van der Waals surface area contributed by atoms with Crippen molar-refractivity contribution in [2.24, 2.45) is 0 Å². The van der Waals surface area contributed by atoms with Gasteiger partial charge in [0.2, 0.25) is 11.8 Å². The first-order valence-corrected chi connectivity index (χ1v) is 9.50. The summed E-state index contributed by atoms with van der Waals surface area (Å²) in [6.45, 7) is 6.10. The molecule has 8 nitrogen and oxygen atoms in total. The van der Waals surface area contributed by atoms with Crippen molar-refractivity contribution in [3.05, 3.63) is 35.2 Å². The molecule has 0 spiro atoms. The lowest BCUT2D eigenvalue weighted by atomic mass is 10.2. The number of amides is 2. The van der Waals surface area contributed by atoms with Crippen LogP contribution in [0.5, 0.6) is 0 Å². The van der Waals surface area contributed by atoms with E-state index in [1.54, 1.807) is 6.07 Å². The highest BCUT2D eigenvalue weighted by Crippen LogP contribution is 2.26. The number of hydrogen-bond acceptors (Lipinski definition) is 6. The number of ether oxygens (including phenoxy) is 1. The van der Waals surface area contributed by atoms with Gasteiger partial charge in [-0.2, -0.15) is 0 Å². The molecule has 0 unspecified atom stereocenters. The summed E-state index contributed by atoms with van der Waals surface area (Å²) in [4.78, 5) is 18.5. The van der Waals surface area contributed by atoms with Gasteiger partial charge in [0.05, 0.1) is 30.3 Å². The molecular formula is C18H22ClN5O3. The van der Waals surface area contributed by atoms with Crippen LogP contribution in [0, 0.1) is 0 Å². The fraction of sp³-hybridized carbons (Fsp3) is 0.500. The van der Waals surface area contributed by atoms with Crippen molar-refractivity contribution in [2.75, 3.05) is 52.5 Å². The maximum Gasteiger partial charge on any atom is 0.320 e. The van der Waals surface area contributed by atoms with Gasteiger partial charge in [-0.15, -0.1) is 10.2 Å². The van der Waals surface area contributed by atoms with E-state index in [0.717, 1.165) is 18.7 Å². The fourth-order valence-corrected chi connectivity index (χ4v) is 3.52. The Bertz CT molecular complexity index is 785. The third-order valence-electron chi connectivity index (χ3n) is 4.85. The number of urea groups is 1. The number of rotatable bonds is 3. The molecule has 27 heavy (non-hydrogen) atoms. The highest BCUT2D eigenvalue weighted by molar-refractivity contribution is 6.33. The van der Waals surface area contributed by atoms with E-state index in [1.165, 1.54) is 0 Å². The zero-order valence-corrected chi connectivity index (χ0v) is 15.8. The second-order valence-electron chi connectivity index (χ2n) is 6.63. The molecule has 0 atom stereocenters. The molecule has 1 aromatic carbocycles. The zero-order valence-electron chi connectivity index (χ0n) is 15.0. The summed E-state index contributed by atoms with van der Waals surface area (Å²) >= 11 is 6.18. The number of piperazine rings is 1. The molecule has 2 aliphatic heterocycles. The lowest BCUT2D eigenvalue weighted by molar-refractivity contribution is 0.0368. The van der Waals surface area contributed by atoms with E-state index in [9.17, 15) is 4.79 Å². The standard InChI is InChI=1S/C18H22ClN5O3/c19-15-4-2-1-3-14(15)17-21-20-16(27-17)13-22-5-7-23(8-6-22)18(25)24-9-11-26-12-10-24/h1-4H,5-13H2. The third-order valence-corrected chi connectivity index (χ3v) is 5.18. The average Bonchev–Trinajstić information content (AvgIpc) is 3.17.